The number of carbonyl (C=O) groups is 2. The first kappa shape index (κ1) is 23.5. The summed E-state index contributed by atoms with van der Waals surface area (Å²) in [5.74, 6) is -2.81. The lowest BCUT2D eigenvalue weighted by Gasteiger charge is -2.36. The highest BCUT2D eigenvalue weighted by molar-refractivity contribution is 6.33. The van der Waals surface area contributed by atoms with Gasteiger partial charge < -0.3 is 15.2 Å². The second-order valence-electron chi connectivity index (χ2n) is 7.23. The van der Waals surface area contributed by atoms with E-state index < -0.39 is 17.9 Å². The normalized spacial score (nSPS) is 15.6. The van der Waals surface area contributed by atoms with E-state index in [0.717, 1.165) is 0 Å². The number of hydrogen-bond acceptors (Lipinski definition) is 10. The number of halogens is 1. The van der Waals surface area contributed by atoms with Crippen LogP contribution in [0.15, 0.2) is 77.5 Å². The van der Waals surface area contributed by atoms with Crippen molar-refractivity contribution < 1.29 is 19.1 Å². The first-order chi connectivity index (χ1) is 16.9. The van der Waals surface area contributed by atoms with Crippen LogP contribution in [0.4, 0.5) is 5.69 Å². The van der Waals surface area contributed by atoms with Crippen LogP contribution in [-0.4, -0.2) is 46.4 Å². The number of hydrogen-bond donors (Lipinski definition) is 1. The van der Waals surface area contributed by atoms with Crippen molar-refractivity contribution in [2.75, 3.05) is 19.1 Å². The van der Waals surface area contributed by atoms with Crippen molar-refractivity contribution >= 4 is 29.2 Å². The van der Waals surface area contributed by atoms with Crippen LogP contribution < -0.4 is 10.6 Å². The molecule has 0 saturated carbocycles. The van der Waals surface area contributed by atoms with E-state index in [9.17, 15) is 14.9 Å². The topological polar surface area (TPSA) is 149 Å². The number of allylic oxidation sites excluding steroid dienone is 1. The van der Waals surface area contributed by atoms with Gasteiger partial charge in [-0.3, -0.25) is 4.90 Å². The van der Waals surface area contributed by atoms with Crippen molar-refractivity contribution in [2.45, 2.75) is 5.92 Å². The van der Waals surface area contributed by atoms with Crippen LogP contribution in [0.5, 0.6) is 0 Å². The Labute approximate surface area is 204 Å². The Morgan fingerprint density at radius 3 is 2.43 bits per heavy atom. The van der Waals surface area contributed by atoms with Crippen molar-refractivity contribution in [2.24, 2.45) is 5.73 Å². The largest absolute Gasteiger partial charge is 0.466 e. The highest BCUT2D eigenvalue weighted by Gasteiger charge is 2.43. The minimum atomic E-state index is -0.986. The molecular formula is C23H18ClN7O4. The molecule has 0 bridgehead atoms. The van der Waals surface area contributed by atoms with Crippen molar-refractivity contribution in [3.8, 4) is 11.8 Å². The minimum Gasteiger partial charge on any atom is -0.466 e. The average Bonchev–Trinajstić information content (AvgIpc) is 3.43. The monoisotopic (exact) mass is 491 g/mol. The summed E-state index contributed by atoms with van der Waals surface area (Å²) in [6, 6.07) is 15.5. The maximum atomic E-state index is 13.2. The molecular weight excluding hydrogens is 474 g/mol. The summed E-state index contributed by atoms with van der Waals surface area (Å²) < 4.78 is 11.4. The van der Waals surface area contributed by atoms with Crippen LogP contribution in [0.2, 0.25) is 5.02 Å². The molecule has 0 radical (unpaired) electrons. The van der Waals surface area contributed by atoms with Crippen molar-refractivity contribution in [3.63, 3.8) is 0 Å². The Bertz CT molecular complexity index is 1390. The summed E-state index contributed by atoms with van der Waals surface area (Å²) in [4.78, 5) is 27.5. The van der Waals surface area contributed by atoms with Gasteiger partial charge in [0.25, 0.3) is 0 Å². The molecule has 2 heterocycles. The zero-order chi connectivity index (χ0) is 25.1. The molecule has 11 nitrogen and oxygen atoms in total. The molecule has 1 aromatic heterocycles. The van der Waals surface area contributed by atoms with Gasteiger partial charge in [0.15, 0.2) is 0 Å². The van der Waals surface area contributed by atoms with Gasteiger partial charge in [-0.2, -0.15) is 5.26 Å². The molecule has 2 aromatic carbocycles. The summed E-state index contributed by atoms with van der Waals surface area (Å²) in [5.41, 5.74) is 7.39. The molecule has 2 N–H and O–H groups in total. The van der Waals surface area contributed by atoms with E-state index in [1.54, 1.807) is 48.5 Å². The fourth-order valence-electron chi connectivity index (χ4n) is 3.86. The van der Waals surface area contributed by atoms with Crippen LogP contribution >= 0.6 is 11.6 Å². The van der Waals surface area contributed by atoms with Crippen LogP contribution in [0.3, 0.4) is 0 Å². The van der Waals surface area contributed by atoms with Crippen molar-refractivity contribution in [1.29, 1.82) is 5.26 Å². The molecule has 1 aliphatic heterocycles. The van der Waals surface area contributed by atoms with Gasteiger partial charge in [0, 0.05) is 0 Å². The highest BCUT2D eigenvalue weighted by atomic mass is 35.5. The molecule has 12 heteroatoms. The zero-order valence-electron chi connectivity index (χ0n) is 18.5. The molecule has 3 aromatic rings. The Morgan fingerprint density at radius 2 is 1.83 bits per heavy atom. The Hall–Kier alpha value is -4.69. The number of nitrogens with two attached hydrogens (primary N) is 1. The van der Waals surface area contributed by atoms with Gasteiger partial charge in [-0.15, -0.1) is 5.10 Å². The van der Waals surface area contributed by atoms with Crippen LogP contribution in [0, 0.1) is 11.3 Å². The lowest BCUT2D eigenvalue weighted by Crippen LogP contribution is -2.41. The molecule has 1 aliphatic rings. The first-order valence-corrected chi connectivity index (χ1v) is 10.5. The second-order valence-corrected chi connectivity index (χ2v) is 7.63. The zero-order valence-corrected chi connectivity index (χ0v) is 19.3. The molecule has 176 valence electrons. The van der Waals surface area contributed by atoms with E-state index in [1.165, 1.54) is 30.1 Å². The van der Waals surface area contributed by atoms with E-state index >= 15 is 0 Å². The number of esters is 2. The summed E-state index contributed by atoms with van der Waals surface area (Å²) in [7, 11) is 2.34. The van der Waals surface area contributed by atoms with E-state index in [4.69, 9.17) is 26.8 Å². The number of aromatic nitrogens is 4. The predicted molar refractivity (Wildman–Crippen MR) is 124 cm³/mol. The van der Waals surface area contributed by atoms with E-state index in [0.29, 0.717) is 11.3 Å². The summed E-state index contributed by atoms with van der Waals surface area (Å²) in [6.45, 7) is 0. The summed E-state index contributed by atoms with van der Waals surface area (Å²) in [6.07, 6.45) is 1.37. The third kappa shape index (κ3) is 4.07. The fraction of sp³-hybridized carbons (Fsp3) is 0.130. The number of methoxy groups -OCH3 is 2. The standard InChI is InChI=1S/C23H18ClN7O4/c1-34-22(32)19-18(13-6-4-3-5-7-13)15(11-25)21(26)31(20(19)23(33)35-2)17-10-14(8-9-16(17)24)30-12-27-28-29-30/h3-10,12,18H,26H2,1-2H3. The second kappa shape index (κ2) is 9.66. The quantitative estimate of drug-likeness (QED) is 0.526. The summed E-state index contributed by atoms with van der Waals surface area (Å²) >= 11 is 6.52. The number of nitriles is 1. The number of anilines is 1. The SMILES string of the molecule is COC(=O)C1=C(C(=O)OC)N(c2cc(-n3cnnn3)ccc2Cl)C(N)=C(C#N)C1c1ccccc1. The lowest BCUT2D eigenvalue weighted by molar-refractivity contribution is -0.139. The molecule has 1 atom stereocenters. The van der Waals surface area contributed by atoms with Gasteiger partial charge in [0.1, 0.15) is 17.8 Å². The van der Waals surface area contributed by atoms with Crippen molar-refractivity contribution in [3.05, 3.63) is 88.1 Å². The van der Waals surface area contributed by atoms with Gasteiger partial charge in [-0.05, 0) is 34.2 Å². The van der Waals surface area contributed by atoms with E-state index in [2.05, 4.69) is 21.6 Å². The average molecular weight is 492 g/mol. The van der Waals surface area contributed by atoms with Gasteiger partial charge in [-0.25, -0.2) is 14.3 Å². The molecule has 0 fully saturated rings. The number of rotatable bonds is 5. The number of nitrogens with zero attached hydrogens (tertiary/aromatic N) is 6. The Morgan fingerprint density at radius 1 is 1.11 bits per heavy atom. The fourth-order valence-corrected chi connectivity index (χ4v) is 4.06. The lowest BCUT2D eigenvalue weighted by atomic mass is 9.81. The highest BCUT2D eigenvalue weighted by Crippen LogP contribution is 2.44. The molecule has 35 heavy (non-hydrogen) atoms. The first-order valence-electron chi connectivity index (χ1n) is 10.1. The number of ether oxygens (including phenoxy) is 2. The van der Waals surface area contributed by atoms with Gasteiger partial charge >= 0.3 is 11.9 Å². The molecule has 0 aliphatic carbocycles. The van der Waals surface area contributed by atoms with E-state index in [1.807, 2.05) is 0 Å². The Kier molecular flexibility index (Phi) is 6.48. The molecule has 4 rings (SSSR count). The van der Waals surface area contributed by atoms with Crippen LogP contribution in [-0.2, 0) is 19.1 Å². The van der Waals surface area contributed by atoms with Crippen molar-refractivity contribution in [1.82, 2.24) is 20.2 Å². The predicted octanol–water partition coefficient (Wildman–Crippen LogP) is 2.21. The molecule has 0 spiro atoms. The summed E-state index contributed by atoms with van der Waals surface area (Å²) in [5, 5.41) is 21.4. The van der Waals surface area contributed by atoms with Gasteiger partial charge in [0.05, 0.1) is 53.8 Å². The third-order valence-electron chi connectivity index (χ3n) is 5.39. The Balaban J connectivity index is 2.06. The molecule has 0 amide bonds. The van der Waals surface area contributed by atoms with Crippen LogP contribution in [0.25, 0.3) is 5.69 Å². The smallest absolute Gasteiger partial charge is 0.355 e. The molecule has 1 unspecified atom stereocenters. The minimum absolute atomic E-state index is 0.0214. The number of tetrazole rings is 1. The molecule has 0 saturated heterocycles. The maximum Gasteiger partial charge on any atom is 0.355 e. The number of carbonyl (C=O) groups excluding carboxylic acids is 2. The number of benzene rings is 2. The van der Waals surface area contributed by atoms with Gasteiger partial charge in [0.2, 0.25) is 0 Å². The van der Waals surface area contributed by atoms with E-state index in [-0.39, 0.29) is 33.4 Å². The third-order valence-corrected chi connectivity index (χ3v) is 5.71. The van der Waals surface area contributed by atoms with Gasteiger partial charge in [-0.1, -0.05) is 41.9 Å². The van der Waals surface area contributed by atoms with Crippen LogP contribution in [0.1, 0.15) is 11.5 Å². The maximum absolute atomic E-state index is 13.2.